The fourth-order valence-electron chi connectivity index (χ4n) is 1.60. The summed E-state index contributed by atoms with van der Waals surface area (Å²) in [5.74, 6) is 0.653. The Bertz CT molecular complexity index is 335. The monoisotopic (exact) mass is 238 g/mol. The number of rotatable bonds is 8. The molecule has 0 atom stereocenters. The molecule has 1 rings (SSSR count). The maximum atomic E-state index is 11.6. The van der Waals surface area contributed by atoms with Crippen LogP contribution in [0.4, 0.5) is 5.82 Å². The van der Waals surface area contributed by atoms with Gasteiger partial charge in [0.2, 0.25) is 5.91 Å². The van der Waals surface area contributed by atoms with E-state index < -0.39 is 0 Å². The molecule has 0 saturated carbocycles. The predicted molar refractivity (Wildman–Crippen MR) is 68.7 cm³/mol. The van der Waals surface area contributed by atoms with Gasteiger partial charge in [-0.1, -0.05) is 19.8 Å². The molecule has 0 bridgehead atoms. The number of aromatic nitrogens is 2. The molecular weight excluding hydrogens is 216 g/mol. The first-order valence-corrected chi connectivity index (χ1v) is 6.30. The number of carbonyl (C=O) groups is 1. The Morgan fingerprint density at radius 3 is 2.82 bits per heavy atom. The quantitative estimate of drug-likeness (QED) is 0.604. The predicted octanol–water partition coefficient (Wildman–Crippen LogP) is 1.82. The van der Waals surface area contributed by atoms with Crippen LogP contribution in [0.1, 0.15) is 44.7 Å². The van der Waals surface area contributed by atoms with E-state index in [4.69, 9.17) is 5.73 Å². The maximum absolute atomic E-state index is 11.6. The van der Waals surface area contributed by atoms with Gasteiger partial charge in [-0.05, 0) is 25.8 Å². The van der Waals surface area contributed by atoms with Gasteiger partial charge in [-0.2, -0.15) is 5.10 Å². The number of aromatic amines is 1. The zero-order valence-corrected chi connectivity index (χ0v) is 10.5. The number of hydrogen-bond donors (Lipinski definition) is 3. The number of carbonyl (C=O) groups excluding carboxylic acids is 1. The summed E-state index contributed by atoms with van der Waals surface area (Å²) in [6, 6.07) is 1.87. The summed E-state index contributed by atoms with van der Waals surface area (Å²) in [5, 5.41) is 9.66. The summed E-state index contributed by atoms with van der Waals surface area (Å²) in [4.78, 5) is 11.6. The van der Waals surface area contributed by atoms with E-state index in [1.54, 1.807) is 0 Å². The highest BCUT2D eigenvalue weighted by molar-refractivity contribution is 5.89. The van der Waals surface area contributed by atoms with E-state index in [0.29, 0.717) is 12.2 Å². The normalized spacial score (nSPS) is 10.5. The molecule has 0 aromatic carbocycles. The summed E-state index contributed by atoms with van der Waals surface area (Å²) >= 11 is 0. The van der Waals surface area contributed by atoms with Crippen molar-refractivity contribution >= 4 is 11.7 Å². The first-order chi connectivity index (χ1) is 8.26. The van der Waals surface area contributed by atoms with Crippen molar-refractivity contribution in [1.29, 1.82) is 0 Å². The SMILES string of the molecule is CCc1cc(NC(=O)CCCCCCN)n[nH]1. The maximum Gasteiger partial charge on any atom is 0.225 e. The molecule has 96 valence electrons. The van der Waals surface area contributed by atoms with E-state index in [1.165, 1.54) is 0 Å². The third kappa shape index (κ3) is 5.49. The van der Waals surface area contributed by atoms with Gasteiger partial charge in [-0.3, -0.25) is 9.89 Å². The molecule has 5 heteroatoms. The molecule has 4 N–H and O–H groups in total. The minimum Gasteiger partial charge on any atom is -0.330 e. The van der Waals surface area contributed by atoms with Crippen LogP contribution in [-0.4, -0.2) is 22.6 Å². The highest BCUT2D eigenvalue weighted by Crippen LogP contribution is 2.08. The van der Waals surface area contributed by atoms with Gasteiger partial charge in [-0.15, -0.1) is 0 Å². The van der Waals surface area contributed by atoms with Gasteiger partial charge in [-0.25, -0.2) is 0 Å². The Morgan fingerprint density at radius 1 is 1.41 bits per heavy atom. The lowest BCUT2D eigenvalue weighted by Gasteiger charge is -2.01. The van der Waals surface area contributed by atoms with E-state index in [2.05, 4.69) is 15.5 Å². The molecule has 0 aliphatic rings. The van der Waals surface area contributed by atoms with Gasteiger partial charge < -0.3 is 11.1 Å². The smallest absolute Gasteiger partial charge is 0.225 e. The van der Waals surface area contributed by atoms with Crippen molar-refractivity contribution in [1.82, 2.24) is 10.2 Å². The zero-order chi connectivity index (χ0) is 12.5. The number of nitrogens with zero attached hydrogens (tertiary/aromatic N) is 1. The Balaban J connectivity index is 2.16. The molecule has 0 fully saturated rings. The van der Waals surface area contributed by atoms with Crippen LogP contribution in [0.2, 0.25) is 0 Å². The van der Waals surface area contributed by atoms with Crippen molar-refractivity contribution in [2.45, 2.75) is 45.4 Å². The average molecular weight is 238 g/mol. The van der Waals surface area contributed by atoms with Crippen molar-refractivity contribution in [3.63, 3.8) is 0 Å². The second kappa shape index (κ2) is 7.84. The molecule has 0 radical (unpaired) electrons. The van der Waals surface area contributed by atoms with Crippen LogP contribution < -0.4 is 11.1 Å². The van der Waals surface area contributed by atoms with E-state index in [9.17, 15) is 4.79 Å². The summed E-state index contributed by atoms with van der Waals surface area (Å²) in [5.41, 5.74) is 6.43. The molecule has 0 saturated heterocycles. The summed E-state index contributed by atoms with van der Waals surface area (Å²) < 4.78 is 0. The number of hydrogen-bond acceptors (Lipinski definition) is 3. The molecule has 1 aromatic heterocycles. The average Bonchev–Trinajstić information content (AvgIpc) is 2.76. The molecule has 17 heavy (non-hydrogen) atoms. The van der Waals surface area contributed by atoms with Crippen molar-refractivity contribution in [3.8, 4) is 0 Å². The van der Waals surface area contributed by atoms with Gasteiger partial charge in [0.25, 0.3) is 0 Å². The number of anilines is 1. The molecular formula is C12H22N4O. The Hall–Kier alpha value is -1.36. The summed E-state index contributed by atoms with van der Waals surface area (Å²) in [6.07, 6.45) is 5.57. The molecule has 0 spiro atoms. The molecule has 1 aromatic rings. The number of H-pyrrole nitrogens is 1. The highest BCUT2D eigenvalue weighted by atomic mass is 16.1. The summed E-state index contributed by atoms with van der Waals surface area (Å²) in [6.45, 7) is 2.77. The van der Waals surface area contributed by atoms with E-state index in [-0.39, 0.29) is 5.91 Å². The van der Waals surface area contributed by atoms with Crippen LogP contribution >= 0.6 is 0 Å². The lowest BCUT2D eigenvalue weighted by atomic mass is 10.1. The van der Waals surface area contributed by atoms with E-state index in [0.717, 1.165) is 44.3 Å². The van der Waals surface area contributed by atoms with Crippen molar-refractivity contribution in [2.24, 2.45) is 5.73 Å². The van der Waals surface area contributed by atoms with Gasteiger partial charge in [0.15, 0.2) is 5.82 Å². The minimum atomic E-state index is 0.0342. The van der Waals surface area contributed by atoms with Crippen molar-refractivity contribution in [2.75, 3.05) is 11.9 Å². The van der Waals surface area contributed by atoms with Crippen molar-refractivity contribution < 1.29 is 4.79 Å². The molecule has 1 heterocycles. The van der Waals surface area contributed by atoms with E-state index >= 15 is 0 Å². The number of amides is 1. The molecule has 0 aliphatic carbocycles. The third-order valence-electron chi connectivity index (χ3n) is 2.64. The third-order valence-corrected chi connectivity index (χ3v) is 2.64. The molecule has 0 unspecified atom stereocenters. The number of unbranched alkanes of at least 4 members (excludes halogenated alkanes) is 3. The minimum absolute atomic E-state index is 0.0342. The number of nitrogens with one attached hydrogen (secondary N) is 2. The van der Waals surface area contributed by atoms with Crippen LogP contribution in [-0.2, 0) is 11.2 Å². The fourth-order valence-corrected chi connectivity index (χ4v) is 1.60. The largest absolute Gasteiger partial charge is 0.330 e. The van der Waals surface area contributed by atoms with Crippen LogP contribution in [0.3, 0.4) is 0 Å². The first kappa shape index (κ1) is 13.7. The second-order valence-electron chi connectivity index (χ2n) is 4.13. The highest BCUT2D eigenvalue weighted by Gasteiger charge is 2.04. The zero-order valence-electron chi connectivity index (χ0n) is 10.5. The van der Waals surface area contributed by atoms with Crippen LogP contribution in [0.5, 0.6) is 0 Å². The molecule has 1 amide bonds. The lowest BCUT2D eigenvalue weighted by Crippen LogP contribution is -2.11. The molecule has 5 nitrogen and oxygen atoms in total. The van der Waals surface area contributed by atoms with Crippen LogP contribution in [0.15, 0.2) is 6.07 Å². The topological polar surface area (TPSA) is 83.8 Å². The number of aryl methyl sites for hydroxylation is 1. The Kier molecular flexibility index (Phi) is 6.32. The van der Waals surface area contributed by atoms with Crippen molar-refractivity contribution in [3.05, 3.63) is 11.8 Å². The van der Waals surface area contributed by atoms with E-state index in [1.807, 2.05) is 13.0 Å². The van der Waals surface area contributed by atoms with Gasteiger partial charge in [0, 0.05) is 18.2 Å². The number of nitrogens with two attached hydrogens (primary N) is 1. The van der Waals surface area contributed by atoms with Gasteiger partial charge in [0.1, 0.15) is 0 Å². The standard InChI is InChI=1S/C12H22N4O/c1-2-10-9-11(16-15-10)14-12(17)7-5-3-4-6-8-13/h9H,2-8,13H2,1H3,(H2,14,15,16,17). The lowest BCUT2D eigenvalue weighted by molar-refractivity contribution is -0.116. The van der Waals surface area contributed by atoms with Gasteiger partial charge >= 0.3 is 0 Å². The fraction of sp³-hybridized carbons (Fsp3) is 0.667. The summed E-state index contributed by atoms with van der Waals surface area (Å²) in [7, 11) is 0. The Labute approximate surface area is 102 Å². The van der Waals surface area contributed by atoms with Crippen LogP contribution in [0, 0.1) is 0 Å². The second-order valence-corrected chi connectivity index (χ2v) is 4.13. The molecule has 0 aliphatic heterocycles. The van der Waals surface area contributed by atoms with Gasteiger partial charge in [0.05, 0.1) is 0 Å². The van der Waals surface area contributed by atoms with Crippen LogP contribution in [0.25, 0.3) is 0 Å². The first-order valence-electron chi connectivity index (χ1n) is 6.30. The Morgan fingerprint density at radius 2 is 2.18 bits per heavy atom.